The number of nitrogens with one attached hydrogen (secondary N) is 1. The summed E-state index contributed by atoms with van der Waals surface area (Å²) >= 11 is 0. The zero-order valence-corrected chi connectivity index (χ0v) is 12.2. The summed E-state index contributed by atoms with van der Waals surface area (Å²) in [6.45, 7) is 0.586. The highest BCUT2D eigenvalue weighted by Gasteiger charge is 2.48. The monoisotopic (exact) mass is 288 g/mol. The van der Waals surface area contributed by atoms with Crippen LogP contribution in [0.1, 0.15) is 31.2 Å². The zero-order chi connectivity index (χ0) is 14.9. The average Bonchev–Trinajstić information content (AvgIpc) is 2.94. The molecule has 5 heteroatoms. The van der Waals surface area contributed by atoms with E-state index >= 15 is 0 Å². The molecule has 0 radical (unpaired) electrons. The molecule has 21 heavy (non-hydrogen) atoms. The lowest BCUT2D eigenvalue weighted by Crippen LogP contribution is -2.65. The van der Waals surface area contributed by atoms with Gasteiger partial charge in [0.05, 0.1) is 13.7 Å². The number of nitrogens with zero attached hydrogens (tertiary/aromatic N) is 1. The maximum absolute atomic E-state index is 12.7. The summed E-state index contributed by atoms with van der Waals surface area (Å²) in [5, 5.41) is 2.92. The molecule has 112 valence electrons. The van der Waals surface area contributed by atoms with Crippen LogP contribution < -0.4 is 10.1 Å². The molecule has 1 heterocycles. The van der Waals surface area contributed by atoms with Crippen molar-refractivity contribution >= 4 is 11.8 Å². The van der Waals surface area contributed by atoms with E-state index in [2.05, 4.69) is 5.32 Å². The highest BCUT2D eigenvalue weighted by molar-refractivity contribution is 5.98. The predicted molar refractivity (Wildman–Crippen MR) is 77.8 cm³/mol. The van der Waals surface area contributed by atoms with E-state index in [1.807, 2.05) is 24.3 Å². The molecule has 1 aliphatic carbocycles. The number of ether oxygens (including phenoxy) is 1. The Balaban J connectivity index is 1.80. The van der Waals surface area contributed by atoms with Crippen LogP contribution in [0.15, 0.2) is 24.3 Å². The van der Waals surface area contributed by atoms with Crippen LogP contribution in [0, 0.1) is 0 Å². The summed E-state index contributed by atoms with van der Waals surface area (Å²) in [7, 11) is 1.62. The molecule has 2 amide bonds. The minimum atomic E-state index is -0.645. The molecule has 1 aromatic rings. The average molecular weight is 288 g/mol. The van der Waals surface area contributed by atoms with Crippen LogP contribution >= 0.6 is 0 Å². The Morgan fingerprint density at radius 3 is 2.76 bits per heavy atom. The first kappa shape index (κ1) is 13.9. The second kappa shape index (κ2) is 5.39. The summed E-state index contributed by atoms with van der Waals surface area (Å²) in [6.07, 6.45) is 3.51. The van der Waals surface area contributed by atoms with Gasteiger partial charge in [0.1, 0.15) is 11.3 Å². The van der Waals surface area contributed by atoms with Gasteiger partial charge < -0.3 is 15.0 Å². The number of hydrogen-bond acceptors (Lipinski definition) is 3. The van der Waals surface area contributed by atoms with Gasteiger partial charge >= 0.3 is 0 Å². The molecular weight excluding hydrogens is 268 g/mol. The van der Waals surface area contributed by atoms with Crippen molar-refractivity contribution in [2.24, 2.45) is 0 Å². The van der Waals surface area contributed by atoms with Crippen molar-refractivity contribution in [1.82, 2.24) is 10.2 Å². The molecule has 1 aliphatic heterocycles. The van der Waals surface area contributed by atoms with Gasteiger partial charge in [-0.25, -0.2) is 0 Å². The number of carbonyl (C=O) groups is 2. The number of benzene rings is 1. The second-order valence-corrected chi connectivity index (χ2v) is 5.85. The van der Waals surface area contributed by atoms with Crippen molar-refractivity contribution in [3.05, 3.63) is 29.8 Å². The lowest BCUT2D eigenvalue weighted by molar-refractivity contribution is -0.150. The third-order valence-electron chi connectivity index (χ3n) is 4.37. The zero-order valence-electron chi connectivity index (χ0n) is 12.2. The van der Waals surface area contributed by atoms with Crippen LogP contribution in [0.3, 0.4) is 0 Å². The molecule has 0 aromatic heterocycles. The third-order valence-corrected chi connectivity index (χ3v) is 4.37. The van der Waals surface area contributed by atoms with Crippen molar-refractivity contribution in [2.45, 2.75) is 37.8 Å². The molecule has 0 bridgehead atoms. The molecule has 0 unspecified atom stereocenters. The van der Waals surface area contributed by atoms with E-state index < -0.39 is 5.54 Å². The van der Waals surface area contributed by atoms with Crippen molar-refractivity contribution in [2.75, 3.05) is 13.7 Å². The first-order valence-corrected chi connectivity index (χ1v) is 7.36. The quantitative estimate of drug-likeness (QED) is 0.916. The minimum absolute atomic E-state index is 0.0561. The Kier molecular flexibility index (Phi) is 3.57. The SMILES string of the molecule is COc1cccc(CN2CC(=O)NC3(CCCC3)C2=O)c1. The number of methoxy groups -OCH3 is 1. The van der Waals surface area contributed by atoms with Gasteiger partial charge in [0.15, 0.2) is 0 Å². The van der Waals surface area contributed by atoms with Gasteiger partial charge in [-0.1, -0.05) is 25.0 Å². The van der Waals surface area contributed by atoms with E-state index in [0.29, 0.717) is 6.54 Å². The number of rotatable bonds is 3. The van der Waals surface area contributed by atoms with Gasteiger partial charge in [-0.15, -0.1) is 0 Å². The predicted octanol–water partition coefficient (Wildman–Crippen LogP) is 1.47. The first-order valence-electron chi connectivity index (χ1n) is 7.36. The van der Waals surface area contributed by atoms with Gasteiger partial charge in [0.25, 0.3) is 0 Å². The highest BCUT2D eigenvalue weighted by Crippen LogP contribution is 2.33. The number of amides is 2. The molecule has 1 aromatic carbocycles. The molecule has 2 aliphatic rings. The van der Waals surface area contributed by atoms with E-state index in [9.17, 15) is 9.59 Å². The van der Waals surface area contributed by atoms with Crippen LogP contribution in [-0.2, 0) is 16.1 Å². The Morgan fingerprint density at radius 2 is 2.05 bits per heavy atom. The van der Waals surface area contributed by atoms with Gasteiger partial charge in [-0.2, -0.15) is 0 Å². The molecule has 2 fully saturated rings. The van der Waals surface area contributed by atoms with Gasteiger partial charge in [-0.05, 0) is 30.5 Å². The second-order valence-electron chi connectivity index (χ2n) is 5.85. The maximum Gasteiger partial charge on any atom is 0.249 e. The lowest BCUT2D eigenvalue weighted by Gasteiger charge is -2.39. The van der Waals surface area contributed by atoms with E-state index in [4.69, 9.17) is 4.74 Å². The molecule has 1 N–H and O–H groups in total. The number of hydrogen-bond donors (Lipinski definition) is 1. The molecule has 1 saturated carbocycles. The molecule has 5 nitrogen and oxygen atoms in total. The smallest absolute Gasteiger partial charge is 0.249 e. The number of carbonyl (C=O) groups excluding carboxylic acids is 2. The fourth-order valence-corrected chi connectivity index (χ4v) is 3.34. The maximum atomic E-state index is 12.7. The molecule has 3 rings (SSSR count). The Bertz CT molecular complexity index is 564. The highest BCUT2D eigenvalue weighted by atomic mass is 16.5. The fourth-order valence-electron chi connectivity index (χ4n) is 3.34. The molecule has 1 spiro atoms. The van der Waals surface area contributed by atoms with Crippen LogP contribution in [0.5, 0.6) is 5.75 Å². The summed E-state index contributed by atoms with van der Waals surface area (Å²) in [5.74, 6) is 0.763. The molecule has 0 atom stereocenters. The van der Waals surface area contributed by atoms with Crippen LogP contribution in [-0.4, -0.2) is 35.9 Å². The summed E-state index contributed by atoms with van der Waals surface area (Å²) < 4.78 is 5.20. The van der Waals surface area contributed by atoms with Crippen LogP contribution in [0.4, 0.5) is 0 Å². The molecular formula is C16H20N2O3. The Labute approximate surface area is 124 Å². The first-order chi connectivity index (χ1) is 10.1. The Morgan fingerprint density at radius 1 is 1.29 bits per heavy atom. The van der Waals surface area contributed by atoms with Crippen molar-refractivity contribution in [3.63, 3.8) is 0 Å². The van der Waals surface area contributed by atoms with E-state index in [1.165, 1.54) is 0 Å². The summed E-state index contributed by atoms with van der Waals surface area (Å²) in [5.41, 5.74) is 0.333. The van der Waals surface area contributed by atoms with Gasteiger partial charge in [0, 0.05) is 6.54 Å². The lowest BCUT2D eigenvalue weighted by atomic mass is 9.93. The van der Waals surface area contributed by atoms with E-state index in [0.717, 1.165) is 37.0 Å². The summed E-state index contributed by atoms with van der Waals surface area (Å²) in [4.78, 5) is 26.4. The minimum Gasteiger partial charge on any atom is -0.497 e. The van der Waals surface area contributed by atoms with E-state index in [1.54, 1.807) is 12.0 Å². The third kappa shape index (κ3) is 2.60. The van der Waals surface area contributed by atoms with Crippen molar-refractivity contribution in [3.8, 4) is 5.75 Å². The summed E-state index contributed by atoms with van der Waals surface area (Å²) in [6, 6.07) is 7.62. The van der Waals surface area contributed by atoms with Crippen LogP contribution in [0.2, 0.25) is 0 Å². The Hall–Kier alpha value is -2.04. The fraction of sp³-hybridized carbons (Fsp3) is 0.500. The standard InChI is InChI=1S/C16H20N2O3/c1-21-13-6-4-5-12(9-13)10-18-11-14(19)17-16(15(18)20)7-2-3-8-16/h4-6,9H,2-3,7-8,10-11H2,1H3,(H,17,19). The molecule has 1 saturated heterocycles. The van der Waals surface area contributed by atoms with Gasteiger partial charge in [0.2, 0.25) is 11.8 Å². The largest absolute Gasteiger partial charge is 0.497 e. The van der Waals surface area contributed by atoms with Crippen molar-refractivity contribution < 1.29 is 14.3 Å². The van der Waals surface area contributed by atoms with Crippen LogP contribution in [0.25, 0.3) is 0 Å². The normalized spacial score (nSPS) is 20.7. The van der Waals surface area contributed by atoms with Gasteiger partial charge in [-0.3, -0.25) is 9.59 Å². The number of piperazine rings is 1. The topological polar surface area (TPSA) is 58.6 Å². The van der Waals surface area contributed by atoms with Crippen molar-refractivity contribution in [1.29, 1.82) is 0 Å². The van der Waals surface area contributed by atoms with E-state index in [-0.39, 0.29) is 18.4 Å².